The van der Waals surface area contributed by atoms with Crippen LogP contribution in [0.3, 0.4) is 0 Å². The number of phosphoric acid groups is 1. The van der Waals surface area contributed by atoms with E-state index in [4.69, 9.17) is 20.6 Å². The third kappa shape index (κ3) is 5.10. The largest absolute Gasteiger partial charge is 0.469 e. The van der Waals surface area contributed by atoms with Crippen LogP contribution in [-0.2, 0) is 13.9 Å². The summed E-state index contributed by atoms with van der Waals surface area (Å²) >= 11 is 0. The number of aliphatic hydroxyl groups is 3. The number of Topliss-reactive ketones (excluding diaryl/α,β-unsaturated/α-hetero) is 1. The lowest BCUT2D eigenvalue weighted by atomic mass is 10.0. The van der Waals surface area contributed by atoms with Crippen molar-refractivity contribution in [3.8, 4) is 0 Å². The molecule has 9 nitrogen and oxygen atoms in total. The minimum atomic E-state index is -4.67. The molecule has 0 heterocycles. The summed E-state index contributed by atoms with van der Waals surface area (Å²) in [5.41, 5.74) is 2.34. The van der Waals surface area contributed by atoms with Gasteiger partial charge < -0.3 is 25.1 Å². The molecule has 16 heavy (non-hydrogen) atoms. The van der Waals surface area contributed by atoms with Gasteiger partial charge in [0.2, 0.25) is 11.5 Å². The number of aliphatic hydroxyl groups excluding tert-OH is 2. The number of nitrogens with two attached hydrogens (primary N) is 1. The van der Waals surface area contributed by atoms with E-state index < -0.39 is 45.1 Å². The van der Waals surface area contributed by atoms with Crippen LogP contribution in [0.5, 0.6) is 0 Å². The number of hydrogen-bond donors (Lipinski definition) is 6. The second-order valence-corrected chi connectivity index (χ2v) is 4.27. The van der Waals surface area contributed by atoms with Crippen molar-refractivity contribution in [1.29, 1.82) is 0 Å². The summed E-state index contributed by atoms with van der Waals surface area (Å²) < 4.78 is 14.2. The highest BCUT2D eigenvalue weighted by molar-refractivity contribution is 7.46. The number of hydrogen-bond acceptors (Lipinski definition) is 7. The van der Waals surface area contributed by atoms with Crippen molar-refractivity contribution < 1.29 is 39.0 Å². The van der Waals surface area contributed by atoms with Crippen LogP contribution in [0.1, 0.15) is 6.42 Å². The Kier molecular flexibility index (Phi) is 5.66. The third-order valence-electron chi connectivity index (χ3n) is 1.75. The summed E-state index contributed by atoms with van der Waals surface area (Å²) in [6.07, 6.45) is -2.29. The van der Waals surface area contributed by atoms with E-state index in [1.54, 1.807) is 0 Å². The molecule has 7 N–H and O–H groups in total. The lowest BCUT2D eigenvalue weighted by molar-refractivity contribution is -0.153. The summed E-state index contributed by atoms with van der Waals surface area (Å²) in [4.78, 5) is 27.4. The normalized spacial score (nSPS) is 17.9. The van der Waals surface area contributed by atoms with Gasteiger partial charge in [0.15, 0.2) is 0 Å². The van der Waals surface area contributed by atoms with Crippen molar-refractivity contribution >= 4 is 13.6 Å². The molecule has 0 aromatic rings. The van der Waals surface area contributed by atoms with Crippen molar-refractivity contribution in [2.24, 2.45) is 5.73 Å². The summed E-state index contributed by atoms with van der Waals surface area (Å²) in [5.74, 6) is -1.21. The number of carbonyl (C=O) groups excluding carboxylic acids is 1. The Hall–Kier alpha value is -0.380. The molecule has 10 heteroatoms. The second-order valence-electron chi connectivity index (χ2n) is 3.03. The summed E-state index contributed by atoms with van der Waals surface area (Å²) in [5, 5.41) is 26.9. The van der Waals surface area contributed by atoms with Crippen molar-refractivity contribution in [2.75, 3.05) is 13.2 Å². The van der Waals surface area contributed by atoms with Crippen LogP contribution in [0, 0.1) is 0 Å². The second kappa shape index (κ2) is 5.80. The van der Waals surface area contributed by atoms with Gasteiger partial charge in [0, 0.05) is 6.42 Å². The van der Waals surface area contributed by atoms with Crippen molar-refractivity contribution in [2.45, 2.75) is 18.2 Å². The van der Waals surface area contributed by atoms with Gasteiger partial charge in [0.1, 0.15) is 12.7 Å². The molecule has 0 unspecified atom stereocenters. The van der Waals surface area contributed by atoms with Gasteiger partial charge in [0.25, 0.3) is 0 Å². The fraction of sp³-hybridized carbons (Fsp3) is 0.833. The molecule has 0 aromatic carbocycles. The molecule has 0 radical (unpaired) electrons. The number of phosphoric ester groups is 1. The van der Waals surface area contributed by atoms with E-state index in [1.165, 1.54) is 0 Å². The maximum Gasteiger partial charge on any atom is 0.469 e. The first kappa shape index (κ1) is 15.6. The first-order valence-corrected chi connectivity index (χ1v) is 5.68. The maximum atomic E-state index is 10.9. The minimum absolute atomic E-state index is 0.482. The van der Waals surface area contributed by atoms with Crippen molar-refractivity contribution in [3.05, 3.63) is 0 Å². The lowest BCUT2D eigenvalue weighted by Crippen LogP contribution is -2.58. The highest BCUT2D eigenvalue weighted by atomic mass is 31.2. The van der Waals surface area contributed by atoms with Gasteiger partial charge in [-0.3, -0.25) is 15.1 Å². The first-order valence-electron chi connectivity index (χ1n) is 4.15. The molecule has 0 saturated heterocycles. The van der Waals surface area contributed by atoms with E-state index in [0.717, 1.165) is 0 Å². The van der Waals surface area contributed by atoms with Gasteiger partial charge in [-0.05, 0) is 0 Å². The molecule has 0 spiro atoms. The van der Waals surface area contributed by atoms with Crippen molar-refractivity contribution in [1.82, 2.24) is 0 Å². The molecule has 0 aromatic heterocycles. The highest BCUT2D eigenvalue weighted by Gasteiger charge is 2.38. The average Bonchev–Trinajstić information content (AvgIpc) is 2.14. The van der Waals surface area contributed by atoms with Gasteiger partial charge in [0.05, 0.1) is 6.61 Å². The highest BCUT2D eigenvalue weighted by Crippen LogP contribution is 2.35. The van der Waals surface area contributed by atoms with E-state index in [2.05, 4.69) is 4.52 Å². The van der Waals surface area contributed by atoms with E-state index in [1.807, 2.05) is 0 Å². The Morgan fingerprint density at radius 2 is 2.00 bits per heavy atom. The van der Waals surface area contributed by atoms with E-state index in [-0.39, 0.29) is 0 Å². The van der Waals surface area contributed by atoms with Crippen LogP contribution >= 0.6 is 7.82 Å². The van der Waals surface area contributed by atoms with Gasteiger partial charge in [-0.25, -0.2) is 4.57 Å². The van der Waals surface area contributed by atoms with Gasteiger partial charge in [-0.1, -0.05) is 0 Å². The average molecular weight is 259 g/mol. The fourth-order valence-electron chi connectivity index (χ4n) is 0.816. The van der Waals surface area contributed by atoms with Gasteiger partial charge in [-0.15, -0.1) is 0 Å². The molecule has 0 saturated carbocycles. The first-order chi connectivity index (χ1) is 7.11. The molecule has 0 amide bonds. The zero-order valence-corrected chi connectivity index (χ0v) is 9.08. The quantitative estimate of drug-likeness (QED) is 0.206. The van der Waals surface area contributed by atoms with Crippen LogP contribution in [0.15, 0.2) is 0 Å². The molecular formula is C6H14NO8P. The number of ketones is 1. The Bertz CT molecular complexity index is 286. The van der Waals surface area contributed by atoms with Crippen LogP contribution in [0.4, 0.5) is 0 Å². The predicted octanol–water partition coefficient (Wildman–Crippen LogP) is -2.94. The fourth-order valence-corrected chi connectivity index (χ4v) is 1.16. The topological polar surface area (TPSA) is 171 Å². The number of rotatable bonds is 7. The smallest absolute Gasteiger partial charge is 0.388 e. The summed E-state index contributed by atoms with van der Waals surface area (Å²) in [6, 6.07) is 0. The molecule has 0 aliphatic rings. The molecular weight excluding hydrogens is 245 g/mol. The maximum absolute atomic E-state index is 10.9. The minimum Gasteiger partial charge on any atom is -0.388 e. The van der Waals surface area contributed by atoms with Crippen molar-refractivity contribution in [3.63, 3.8) is 0 Å². The molecule has 2 atom stereocenters. The Labute approximate surface area is 90.7 Å². The van der Waals surface area contributed by atoms with Crippen LogP contribution in [0.2, 0.25) is 0 Å². The molecule has 0 fully saturated rings. The third-order valence-corrected chi connectivity index (χ3v) is 2.27. The van der Waals surface area contributed by atoms with E-state index >= 15 is 0 Å². The number of carbonyl (C=O) groups is 1. The lowest BCUT2D eigenvalue weighted by Gasteiger charge is -2.26. The molecule has 0 bridgehead atoms. The Morgan fingerprint density at radius 1 is 1.50 bits per heavy atom. The zero-order chi connectivity index (χ0) is 13.0. The Balaban J connectivity index is 4.20. The van der Waals surface area contributed by atoms with Crippen LogP contribution in [0.25, 0.3) is 0 Å². The van der Waals surface area contributed by atoms with E-state index in [0.29, 0.717) is 0 Å². The van der Waals surface area contributed by atoms with E-state index in [9.17, 15) is 19.6 Å². The van der Waals surface area contributed by atoms with Crippen LogP contribution in [-0.4, -0.2) is 55.9 Å². The SMILES string of the molecule is N[C@@](O)(C(=O)CO)[C@H](O)CCOP(=O)(O)O. The Morgan fingerprint density at radius 3 is 2.38 bits per heavy atom. The molecule has 0 aliphatic carbocycles. The summed E-state index contributed by atoms with van der Waals surface area (Å²) in [7, 11) is -4.67. The molecule has 0 aliphatic heterocycles. The molecule has 96 valence electrons. The van der Waals surface area contributed by atoms with Crippen LogP contribution < -0.4 is 5.73 Å². The van der Waals surface area contributed by atoms with Gasteiger partial charge >= 0.3 is 7.82 Å². The zero-order valence-electron chi connectivity index (χ0n) is 8.18. The monoisotopic (exact) mass is 259 g/mol. The standard InChI is InChI=1S/C6H14NO8P/c7-6(11,5(10)3-8)4(9)1-2-15-16(12,13)14/h4,8-9,11H,1-3,7H2,(H2,12,13,14)/t4-,6+/m1/s1. The van der Waals surface area contributed by atoms with Gasteiger partial charge in [-0.2, -0.15) is 0 Å². The molecule has 0 rings (SSSR count). The summed E-state index contributed by atoms with van der Waals surface area (Å²) in [6.45, 7) is -1.67. The predicted molar refractivity (Wildman–Crippen MR) is 49.8 cm³/mol.